The number of nitrogens with zero attached hydrogens (tertiary/aromatic N) is 2. The van der Waals surface area contributed by atoms with Crippen LogP contribution in [0.4, 0.5) is 5.69 Å². The molecule has 15 heavy (non-hydrogen) atoms. The van der Waals surface area contributed by atoms with Crippen molar-refractivity contribution in [2.45, 2.75) is 39.8 Å². The van der Waals surface area contributed by atoms with Gasteiger partial charge in [-0.3, -0.25) is 4.57 Å². The molecule has 0 aliphatic carbocycles. The highest BCUT2D eigenvalue weighted by molar-refractivity contribution is 5.55. The van der Waals surface area contributed by atoms with Crippen LogP contribution in [0.1, 0.15) is 39.4 Å². The summed E-state index contributed by atoms with van der Waals surface area (Å²) in [6.07, 6.45) is 0.0474. The van der Waals surface area contributed by atoms with Crippen molar-refractivity contribution in [3.05, 3.63) is 11.8 Å². The molecular formula is C11H17N3O. The number of hydrogen-bond donors (Lipinski definition) is 1. The van der Waals surface area contributed by atoms with E-state index >= 15 is 0 Å². The average molecular weight is 207 g/mol. The van der Waals surface area contributed by atoms with E-state index < -0.39 is 0 Å². The zero-order valence-electron chi connectivity index (χ0n) is 9.61. The van der Waals surface area contributed by atoms with Gasteiger partial charge in [-0.2, -0.15) is 5.26 Å². The van der Waals surface area contributed by atoms with E-state index in [0.717, 1.165) is 0 Å². The van der Waals surface area contributed by atoms with Crippen LogP contribution in [0.25, 0.3) is 0 Å². The Morgan fingerprint density at radius 2 is 2.00 bits per heavy atom. The largest absolute Gasteiger partial charge is 0.475 e. The van der Waals surface area contributed by atoms with Crippen molar-refractivity contribution in [3.8, 4) is 11.9 Å². The molecule has 0 amide bonds. The highest BCUT2D eigenvalue weighted by atomic mass is 16.5. The number of nitrogen functional groups attached to an aromatic ring is 1. The predicted octanol–water partition coefficient (Wildman–Crippen LogP) is 2.31. The van der Waals surface area contributed by atoms with Crippen LogP contribution in [-0.4, -0.2) is 10.7 Å². The molecular weight excluding hydrogens is 190 g/mol. The minimum Gasteiger partial charge on any atom is -0.475 e. The first-order valence-electron chi connectivity index (χ1n) is 5.04. The van der Waals surface area contributed by atoms with E-state index in [-0.39, 0.29) is 12.1 Å². The Morgan fingerprint density at radius 1 is 1.40 bits per heavy atom. The molecule has 1 aromatic heterocycles. The van der Waals surface area contributed by atoms with Gasteiger partial charge in [-0.15, -0.1) is 0 Å². The van der Waals surface area contributed by atoms with Gasteiger partial charge in [0.25, 0.3) is 0 Å². The fourth-order valence-electron chi connectivity index (χ4n) is 1.47. The summed E-state index contributed by atoms with van der Waals surface area (Å²) >= 11 is 0. The van der Waals surface area contributed by atoms with Crippen LogP contribution in [-0.2, 0) is 0 Å². The summed E-state index contributed by atoms with van der Waals surface area (Å²) in [6, 6.07) is 3.92. The van der Waals surface area contributed by atoms with Crippen molar-refractivity contribution in [3.63, 3.8) is 0 Å². The minimum absolute atomic E-state index is 0.0474. The lowest BCUT2D eigenvalue weighted by Crippen LogP contribution is -2.13. The summed E-state index contributed by atoms with van der Waals surface area (Å²) in [6.45, 7) is 7.85. The van der Waals surface area contributed by atoms with Gasteiger partial charge in [-0.25, -0.2) is 0 Å². The molecule has 0 aromatic carbocycles. The van der Waals surface area contributed by atoms with Gasteiger partial charge in [0.1, 0.15) is 11.8 Å². The maximum atomic E-state index is 8.96. The fraction of sp³-hybridized carbons (Fsp3) is 0.545. The second kappa shape index (κ2) is 4.26. The summed E-state index contributed by atoms with van der Waals surface area (Å²) in [5, 5.41) is 8.96. The lowest BCUT2D eigenvalue weighted by molar-refractivity contribution is 0.219. The van der Waals surface area contributed by atoms with Crippen LogP contribution in [0.3, 0.4) is 0 Å². The van der Waals surface area contributed by atoms with Crippen LogP contribution in [0, 0.1) is 11.3 Å². The van der Waals surface area contributed by atoms with Gasteiger partial charge in [0.15, 0.2) is 0 Å². The van der Waals surface area contributed by atoms with E-state index in [9.17, 15) is 0 Å². The Kier molecular flexibility index (Phi) is 3.25. The summed E-state index contributed by atoms with van der Waals surface area (Å²) in [5.74, 6) is 0.594. The van der Waals surface area contributed by atoms with Crippen LogP contribution < -0.4 is 10.5 Å². The average Bonchev–Trinajstić information content (AvgIpc) is 2.42. The maximum absolute atomic E-state index is 8.96. The fourth-order valence-corrected chi connectivity index (χ4v) is 1.47. The molecule has 4 nitrogen and oxygen atoms in total. The van der Waals surface area contributed by atoms with Gasteiger partial charge < -0.3 is 10.5 Å². The molecule has 1 heterocycles. The quantitative estimate of drug-likeness (QED) is 0.827. The monoisotopic (exact) mass is 207 g/mol. The first kappa shape index (κ1) is 11.4. The highest BCUT2D eigenvalue weighted by Crippen LogP contribution is 2.30. The summed E-state index contributed by atoms with van der Waals surface area (Å²) < 4.78 is 7.42. The SMILES string of the molecule is CC(C)Oc1c(N)cc(C#N)n1C(C)C. The van der Waals surface area contributed by atoms with Crippen molar-refractivity contribution in [1.82, 2.24) is 4.57 Å². The third kappa shape index (κ3) is 2.24. The zero-order chi connectivity index (χ0) is 11.6. The molecule has 82 valence electrons. The number of aromatic nitrogens is 1. The number of ether oxygens (including phenoxy) is 1. The first-order valence-corrected chi connectivity index (χ1v) is 5.04. The number of nitriles is 1. The van der Waals surface area contributed by atoms with Gasteiger partial charge in [-0.1, -0.05) is 0 Å². The molecule has 0 aliphatic rings. The Hall–Kier alpha value is -1.63. The molecule has 0 saturated heterocycles. The second-order valence-corrected chi connectivity index (χ2v) is 4.03. The Labute approximate surface area is 90.3 Å². The van der Waals surface area contributed by atoms with Gasteiger partial charge in [0.2, 0.25) is 5.88 Å². The van der Waals surface area contributed by atoms with Crippen LogP contribution in [0.2, 0.25) is 0 Å². The van der Waals surface area contributed by atoms with Crippen molar-refractivity contribution >= 4 is 5.69 Å². The summed E-state index contributed by atoms with van der Waals surface area (Å²) in [4.78, 5) is 0. The zero-order valence-corrected chi connectivity index (χ0v) is 9.61. The van der Waals surface area contributed by atoms with Gasteiger partial charge in [-0.05, 0) is 27.7 Å². The van der Waals surface area contributed by atoms with E-state index in [1.165, 1.54) is 0 Å². The molecule has 0 aliphatic heterocycles. The molecule has 0 saturated carbocycles. The Bertz CT molecular complexity index is 385. The van der Waals surface area contributed by atoms with Crippen LogP contribution in [0.5, 0.6) is 5.88 Å². The molecule has 0 radical (unpaired) electrons. The minimum atomic E-state index is 0.0474. The molecule has 0 fully saturated rings. The van der Waals surface area contributed by atoms with Crippen molar-refractivity contribution in [1.29, 1.82) is 5.26 Å². The van der Waals surface area contributed by atoms with E-state index in [1.807, 2.05) is 32.3 Å². The Balaban J connectivity index is 3.24. The van der Waals surface area contributed by atoms with Gasteiger partial charge >= 0.3 is 0 Å². The molecule has 0 unspecified atom stereocenters. The lowest BCUT2D eigenvalue weighted by atomic mass is 10.3. The van der Waals surface area contributed by atoms with Gasteiger partial charge in [0, 0.05) is 12.1 Å². The van der Waals surface area contributed by atoms with Crippen molar-refractivity contribution in [2.75, 3.05) is 5.73 Å². The standard InChI is InChI=1S/C11H17N3O/c1-7(2)14-9(6-12)5-10(13)11(14)15-8(3)4/h5,7-8H,13H2,1-4H3. The smallest absolute Gasteiger partial charge is 0.218 e. The molecule has 2 N–H and O–H groups in total. The van der Waals surface area contributed by atoms with Crippen LogP contribution >= 0.6 is 0 Å². The summed E-state index contributed by atoms with van der Waals surface area (Å²) in [5.41, 5.74) is 6.87. The third-order valence-corrected chi connectivity index (χ3v) is 2.00. The van der Waals surface area contributed by atoms with E-state index in [0.29, 0.717) is 17.3 Å². The lowest BCUT2D eigenvalue weighted by Gasteiger charge is -2.17. The number of nitrogens with two attached hydrogens (primary N) is 1. The van der Waals surface area contributed by atoms with Gasteiger partial charge in [0.05, 0.1) is 11.8 Å². The molecule has 1 rings (SSSR count). The maximum Gasteiger partial charge on any atom is 0.218 e. The predicted molar refractivity (Wildman–Crippen MR) is 59.7 cm³/mol. The van der Waals surface area contributed by atoms with Crippen molar-refractivity contribution < 1.29 is 4.74 Å². The first-order chi connectivity index (χ1) is 6.97. The summed E-state index contributed by atoms with van der Waals surface area (Å²) in [7, 11) is 0. The topological polar surface area (TPSA) is 64.0 Å². The molecule has 0 atom stereocenters. The normalized spacial score (nSPS) is 10.7. The number of hydrogen-bond acceptors (Lipinski definition) is 3. The Morgan fingerprint density at radius 3 is 2.40 bits per heavy atom. The van der Waals surface area contributed by atoms with E-state index in [1.54, 1.807) is 6.07 Å². The van der Waals surface area contributed by atoms with Crippen molar-refractivity contribution in [2.24, 2.45) is 0 Å². The highest BCUT2D eigenvalue weighted by Gasteiger charge is 2.17. The molecule has 0 spiro atoms. The third-order valence-electron chi connectivity index (χ3n) is 2.00. The molecule has 0 bridgehead atoms. The number of anilines is 1. The van der Waals surface area contributed by atoms with E-state index in [2.05, 4.69) is 6.07 Å². The number of rotatable bonds is 3. The second-order valence-electron chi connectivity index (χ2n) is 4.03. The molecule has 1 aromatic rings. The molecule has 4 heteroatoms. The van der Waals surface area contributed by atoms with Crippen LogP contribution in [0.15, 0.2) is 6.07 Å². The van der Waals surface area contributed by atoms with E-state index in [4.69, 9.17) is 15.7 Å².